The third-order valence-electron chi connectivity index (χ3n) is 3.15. The topological polar surface area (TPSA) is 39.4 Å². The molecule has 1 heterocycles. The molecule has 1 fully saturated rings. The van der Waals surface area contributed by atoms with Crippen LogP contribution in [0.25, 0.3) is 5.57 Å². The highest BCUT2D eigenvalue weighted by molar-refractivity contribution is 6.09. The van der Waals surface area contributed by atoms with Gasteiger partial charge in [0.15, 0.2) is 0 Å². The maximum absolute atomic E-state index is 12.7. The van der Waals surface area contributed by atoms with Crippen molar-refractivity contribution in [1.82, 2.24) is 4.90 Å². The number of benzene rings is 1. The maximum atomic E-state index is 12.7. The van der Waals surface area contributed by atoms with Crippen LogP contribution in [0.4, 0.5) is 8.78 Å². The van der Waals surface area contributed by atoms with Gasteiger partial charge in [-0.2, -0.15) is 5.26 Å². The fourth-order valence-electron chi connectivity index (χ4n) is 2.06. The van der Waals surface area contributed by atoms with Crippen LogP contribution in [0.2, 0.25) is 0 Å². The van der Waals surface area contributed by atoms with E-state index < -0.39 is 5.92 Å². The summed E-state index contributed by atoms with van der Waals surface area (Å²) in [5.41, 5.74) is 2.61. The van der Waals surface area contributed by atoms with Crippen LogP contribution < -0.4 is 0 Å². The van der Waals surface area contributed by atoms with Crippen LogP contribution in [0.15, 0.2) is 48.1 Å². The van der Waals surface area contributed by atoms with Crippen LogP contribution in [0.1, 0.15) is 11.1 Å². The van der Waals surface area contributed by atoms with Crippen molar-refractivity contribution in [3.63, 3.8) is 0 Å². The van der Waals surface area contributed by atoms with Crippen molar-refractivity contribution in [2.24, 2.45) is 4.99 Å². The van der Waals surface area contributed by atoms with Gasteiger partial charge in [-0.05, 0) is 16.7 Å². The van der Waals surface area contributed by atoms with Crippen LogP contribution in [0.5, 0.6) is 0 Å². The van der Waals surface area contributed by atoms with E-state index in [0.29, 0.717) is 12.1 Å². The number of hydrogen-bond acceptors (Lipinski definition) is 3. The molecule has 0 amide bonds. The van der Waals surface area contributed by atoms with Gasteiger partial charge in [-0.15, -0.1) is 0 Å². The molecule has 1 aliphatic heterocycles. The Hall–Kier alpha value is -2.32. The van der Waals surface area contributed by atoms with Gasteiger partial charge in [0.1, 0.15) is 11.8 Å². The van der Waals surface area contributed by atoms with E-state index in [1.54, 1.807) is 4.90 Å². The molecule has 0 N–H and O–H groups in total. The predicted molar refractivity (Wildman–Crippen MR) is 78.9 cm³/mol. The average Bonchev–Trinajstić information content (AvgIpc) is 2.43. The summed E-state index contributed by atoms with van der Waals surface area (Å²) in [5, 5.41) is 8.55. The summed E-state index contributed by atoms with van der Waals surface area (Å²) in [6, 6.07) is 9.30. The van der Waals surface area contributed by atoms with Crippen molar-refractivity contribution in [3.8, 4) is 6.07 Å². The Morgan fingerprint density at radius 1 is 1.33 bits per heavy atom. The van der Waals surface area contributed by atoms with Crippen LogP contribution in [-0.2, 0) is 6.54 Å². The SMILES string of the molecule is C=C(C#N)N=CC(=C)c1ccc(CN2CC(F)(F)C2)cc1. The molecular weight excluding hydrogens is 272 g/mol. The molecular formula is C16H15F2N3. The predicted octanol–water partition coefficient (Wildman–Crippen LogP) is 3.26. The number of halogens is 2. The van der Waals surface area contributed by atoms with Gasteiger partial charge in [-0.1, -0.05) is 37.4 Å². The lowest BCUT2D eigenvalue weighted by atomic mass is 10.0. The minimum Gasteiger partial charge on any atom is -0.287 e. The lowest BCUT2D eigenvalue weighted by Crippen LogP contribution is -2.55. The second-order valence-electron chi connectivity index (χ2n) is 5.04. The fourth-order valence-corrected chi connectivity index (χ4v) is 2.06. The van der Waals surface area contributed by atoms with Gasteiger partial charge in [0.25, 0.3) is 5.92 Å². The lowest BCUT2D eigenvalue weighted by Gasteiger charge is -2.38. The number of alkyl halides is 2. The molecule has 5 heteroatoms. The highest BCUT2D eigenvalue weighted by atomic mass is 19.3. The molecule has 2 rings (SSSR count). The van der Waals surface area contributed by atoms with Gasteiger partial charge in [-0.25, -0.2) is 13.8 Å². The second kappa shape index (κ2) is 5.98. The summed E-state index contributed by atoms with van der Waals surface area (Å²) in [6.45, 7) is 7.47. The third-order valence-corrected chi connectivity index (χ3v) is 3.15. The highest BCUT2D eigenvalue weighted by Crippen LogP contribution is 2.28. The molecule has 21 heavy (non-hydrogen) atoms. The molecule has 0 atom stereocenters. The van der Waals surface area contributed by atoms with E-state index in [9.17, 15) is 8.78 Å². The van der Waals surface area contributed by atoms with Crippen molar-refractivity contribution in [3.05, 3.63) is 54.2 Å². The largest absolute Gasteiger partial charge is 0.287 e. The van der Waals surface area contributed by atoms with E-state index >= 15 is 0 Å². The van der Waals surface area contributed by atoms with Crippen LogP contribution in [-0.4, -0.2) is 30.1 Å². The van der Waals surface area contributed by atoms with E-state index in [-0.39, 0.29) is 18.8 Å². The number of rotatable bonds is 5. The quantitative estimate of drug-likeness (QED) is 0.616. The summed E-state index contributed by atoms with van der Waals surface area (Å²) < 4.78 is 25.5. The lowest BCUT2D eigenvalue weighted by molar-refractivity contribution is -0.133. The summed E-state index contributed by atoms with van der Waals surface area (Å²) in [4.78, 5) is 5.55. The Morgan fingerprint density at radius 3 is 2.48 bits per heavy atom. The van der Waals surface area contributed by atoms with Crippen molar-refractivity contribution < 1.29 is 8.78 Å². The molecule has 0 aromatic heterocycles. The van der Waals surface area contributed by atoms with E-state index in [2.05, 4.69) is 18.2 Å². The van der Waals surface area contributed by atoms with Crippen LogP contribution in [0.3, 0.4) is 0 Å². The Morgan fingerprint density at radius 2 is 1.95 bits per heavy atom. The van der Waals surface area contributed by atoms with Gasteiger partial charge >= 0.3 is 0 Å². The molecule has 108 valence electrons. The number of nitriles is 1. The van der Waals surface area contributed by atoms with Gasteiger partial charge < -0.3 is 0 Å². The number of allylic oxidation sites excluding steroid dienone is 2. The van der Waals surface area contributed by atoms with Gasteiger partial charge in [0.2, 0.25) is 0 Å². The Balaban J connectivity index is 1.93. The smallest absolute Gasteiger partial charge is 0.272 e. The average molecular weight is 287 g/mol. The van der Waals surface area contributed by atoms with E-state index in [0.717, 1.165) is 11.1 Å². The molecule has 3 nitrogen and oxygen atoms in total. The van der Waals surface area contributed by atoms with Crippen molar-refractivity contribution >= 4 is 11.8 Å². The van der Waals surface area contributed by atoms with E-state index in [4.69, 9.17) is 5.26 Å². The number of hydrogen-bond donors (Lipinski definition) is 0. The molecule has 0 spiro atoms. The van der Waals surface area contributed by atoms with Crippen molar-refractivity contribution in [1.29, 1.82) is 5.26 Å². The van der Waals surface area contributed by atoms with Gasteiger partial charge in [0, 0.05) is 12.8 Å². The zero-order valence-electron chi connectivity index (χ0n) is 11.5. The first-order valence-electron chi connectivity index (χ1n) is 6.41. The molecule has 0 bridgehead atoms. The zero-order chi connectivity index (χ0) is 15.5. The summed E-state index contributed by atoms with van der Waals surface area (Å²) >= 11 is 0. The van der Waals surface area contributed by atoms with Crippen LogP contribution in [0, 0.1) is 11.3 Å². The molecule has 0 saturated carbocycles. The first-order valence-corrected chi connectivity index (χ1v) is 6.41. The molecule has 1 aliphatic rings. The van der Waals surface area contributed by atoms with Crippen molar-refractivity contribution in [2.75, 3.05) is 13.1 Å². The second-order valence-corrected chi connectivity index (χ2v) is 5.04. The molecule has 1 aromatic rings. The Kier molecular flexibility index (Phi) is 4.29. The van der Waals surface area contributed by atoms with E-state index in [1.807, 2.05) is 30.3 Å². The molecule has 1 saturated heterocycles. The summed E-state index contributed by atoms with van der Waals surface area (Å²) in [7, 11) is 0. The van der Waals surface area contributed by atoms with Gasteiger partial charge in [0.05, 0.1) is 13.1 Å². The number of aliphatic imine (C=N–C) groups is 1. The first kappa shape index (κ1) is 15.1. The van der Waals surface area contributed by atoms with Crippen LogP contribution >= 0.6 is 0 Å². The molecule has 1 aromatic carbocycles. The Bertz CT molecular complexity index is 616. The molecule has 0 radical (unpaired) electrons. The maximum Gasteiger partial charge on any atom is 0.272 e. The monoisotopic (exact) mass is 287 g/mol. The molecule has 0 aliphatic carbocycles. The van der Waals surface area contributed by atoms with E-state index in [1.165, 1.54) is 6.21 Å². The summed E-state index contributed by atoms with van der Waals surface area (Å²) in [5.74, 6) is -2.53. The highest BCUT2D eigenvalue weighted by Gasteiger charge is 2.43. The normalized spacial score (nSPS) is 17.2. The zero-order valence-corrected chi connectivity index (χ0v) is 11.5. The number of nitrogens with zero attached hydrogens (tertiary/aromatic N) is 3. The number of likely N-dealkylation sites (tertiary alicyclic amines) is 1. The third kappa shape index (κ3) is 4.07. The van der Waals surface area contributed by atoms with Crippen molar-refractivity contribution in [2.45, 2.75) is 12.5 Å². The first-order chi connectivity index (χ1) is 9.89. The standard InChI is InChI=1S/C16H15F2N3/c1-12(8-20-13(2)7-19)15-5-3-14(4-6-15)9-21-10-16(17,18)11-21/h3-6,8H,1-2,9-11H2. The molecule has 0 unspecified atom stereocenters. The minimum absolute atomic E-state index is 0.117. The Labute approximate surface area is 122 Å². The fraction of sp³-hybridized carbons (Fsp3) is 0.250. The summed E-state index contributed by atoms with van der Waals surface area (Å²) in [6.07, 6.45) is 1.48. The minimum atomic E-state index is -2.53. The van der Waals surface area contributed by atoms with Gasteiger partial charge in [-0.3, -0.25) is 4.90 Å².